The Labute approximate surface area is 151 Å². The maximum Gasteiger partial charge on any atom is 0.273 e. The molecular weight excluding hydrogens is 332 g/mol. The number of thioether (sulfide) groups is 1. The van der Waals surface area contributed by atoms with Gasteiger partial charge in [-0.25, -0.2) is 4.68 Å². The van der Waals surface area contributed by atoms with Crippen LogP contribution >= 0.6 is 11.8 Å². The summed E-state index contributed by atoms with van der Waals surface area (Å²) in [6.45, 7) is 1.24. The lowest BCUT2D eigenvalue weighted by Crippen LogP contribution is -2.25. The van der Waals surface area contributed by atoms with Gasteiger partial charge in [0.15, 0.2) is 5.69 Å². The zero-order valence-corrected chi connectivity index (χ0v) is 14.7. The highest BCUT2D eigenvalue weighted by Crippen LogP contribution is 2.17. The fraction of sp³-hybridized carbons (Fsp3) is 0.211. The number of nitrogens with zero attached hydrogens (tertiary/aromatic N) is 3. The first kappa shape index (κ1) is 17.2. The van der Waals surface area contributed by atoms with E-state index in [9.17, 15) is 4.79 Å². The second-order valence-corrected chi connectivity index (χ2v) is 6.73. The Hall–Kier alpha value is -2.60. The summed E-state index contributed by atoms with van der Waals surface area (Å²) in [4.78, 5) is 13.4. The molecule has 1 N–H and O–H groups in total. The molecule has 0 aliphatic carbocycles. The molecular formula is C19H20N4OS. The van der Waals surface area contributed by atoms with Gasteiger partial charge < -0.3 is 5.32 Å². The fourth-order valence-electron chi connectivity index (χ4n) is 2.32. The van der Waals surface area contributed by atoms with Crippen molar-refractivity contribution >= 4 is 17.7 Å². The fourth-order valence-corrected chi connectivity index (χ4v) is 3.20. The minimum Gasteiger partial charge on any atom is -0.351 e. The second-order valence-electron chi connectivity index (χ2n) is 5.56. The highest BCUT2D eigenvalue weighted by molar-refractivity contribution is 7.99. The zero-order valence-electron chi connectivity index (χ0n) is 13.8. The molecule has 0 bridgehead atoms. The van der Waals surface area contributed by atoms with Gasteiger partial charge in [-0.1, -0.05) is 53.7 Å². The van der Waals surface area contributed by atoms with Crippen LogP contribution in [0.25, 0.3) is 0 Å². The highest BCUT2D eigenvalue weighted by Gasteiger charge is 2.10. The van der Waals surface area contributed by atoms with Crippen molar-refractivity contribution in [1.29, 1.82) is 0 Å². The molecule has 0 spiro atoms. The van der Waals surface area contributed by atoms with Crippen LogP contribution < -0.4 is 5.32 Å². The Morgan fingerprint density at radius 2 is 1.76 bits per heavy atom. The molecule has 3 aromatic rings. The predicted molar refractivity (Wildman–Crippen MR) is 99.7 cm³/mol. The summed E-state index contributed by atoms with van der Waals surface area (Å²) < 4.78 is 1.68. The van der Waals surface area contributed by atoms with E-state index in [0.717, 1.165) is 17.7 Å². The monoisotopic (exact) mass is 352 g/mol. The summed E-state index contributed by atoms with van der Waals surface area (Å²) in [7, 11) is 0. The summed E-state index contributed by atoms with van der Waals surface area (Å²) >= 11 is 1.79. The molecule has 1 heterocycles. The van der Waals surface area contributed by atoms with E-state index in [4.69, 9.17) is 0 Å². The molecule has 0 atom stereocenters. The number of carbonyl (C=O) groups excluding carboxylic acids is 1. The Morgan fingerprint density at radius 1 is 1.04 bits per heavy atom. The third-order valence-corrected chi connectivity index (χ3v) is 4.68. The van der Waals surface area contributed by atoms with Crippen molar-refractivity contribution in [3.63, 3.8) is 0 Å². The standard InChI is InChI=1S/C19H20N4OS/c24-19(20-12-7-13-25-17-10-5-2-6-11-17)18-15-23(22-21-18)14-16-8-3-1-4-9-16/h1-6,8-11,15H,7,12-14H2,(H,20,24). The predicted octanol–water partition coefficient (Wildman–Crippen LogP) is 3.24. The average molecular weight is 352 g/mol. The molecule has 0 saturated carbocycles. The lowest BCUT2D eigenvalue weighted by molar-refractivity contribution is 0.0948. The lowest BCUT2D eigenvalue weighted by Gasteiger charge is -2.03. The van der Waals surface area contributed by atoms with Crippen LogP contribution in [0.2, 0.25) is 0 Å². The first-order chi connectivity index (χ1) is 12.3. The van der Waals surface area contributed by atoms with Crippen molar-refractivity contribution in [2.75, 3.05) is 12.3 Å². The van der Waals surface area contributed by atoms with Crippen LogP contribution in [0, 0.1) is 0 Å². The van der Waals surface area contributed by atoms with E-state index in [0.29, 0.717) is 18.8 Å². The van der Waals surface area contributed by atoms with E-state index < -0.39 is 0 Å². The molecule has 0 saturated heterocycles. The minimum atomic E-state index is -0.177. The maximum absolute atomic E-state index is 12.1. The number of nitrogens with one attached hydrogen (secondary N) is 1. The highest BCUT2D eigenvalue weighted by atomic mass is 32.2. The van der Waals surface area contributed by atoms with Gasteiger partial charge in [-0.05, 0) is 29.9 Å². The van der Waals surface area contributed by atoms with Gasteiger partial charge in [0.25, 0.3) is 5.91 Å². The number of hydrogen-bond donors (Lipinski definition) is 1. The summed E-state index contributed by atoms with van der Waals surface area (Å²) in [6, 6.07) is 20.2. The zero-order chi connectivity index (χ0) is 17.3. The SMILES string of the molecule is O=C(NCCCSc1ccccc1)c1cn(Cc2ccccc2)nn1. The van der Waals surface area contributed by atoms with E-state index in [-0.39, 0.29) is 5.91 Å². The van der Waals surface area contributed by atoms with Crippen molar-refractivity contribution in [3.8, 4) is 0 Å². The number of hydrogen-bond acceptors (Lipinski definition) is 4. The van der Waals surface area contributed by atoms with Gasteiger partial charge in [-0.3, -0.25) is 4.79 Å². The number of aromatic nitrogens is 3. The quantitative estimate of drug-likeness (QED) is 0.499. The van der Waals surface area contributed by atoms with E-state index in [2.05, 4.69) is 27.8 Å². The smallest absolute Gasteiger partial charge is 0.273 e. The van der Waals surface area contributed by atoms with E-state index >= 15 is 0 Å². The Bertz CT molecular complexity index is 789. The lowest BCUT2D eigenvalue weighted by atomic mass is 10.2. The molecule has 0 aliphatic heterocycles. The first-order valence-corrected chi connectivity index (χ1v) is 9.20. The third-order valence-electron chi connectivity index (χ3n) is 3.58. The summed E-state index contributed by atoms with van der Waals surface area (Å²) in [5, 5.41) is 10.9. The van der Waals surface area contributed by atoms with E-state index in [1.807, 2.05) is 48.5 Å². The van der Waals surface area contributed by atoms with Crippen molar-refractivity contribution in [3.05, 3.63) is 78.1 Å². The van der Waals surface area contributed by atoms with Crippen LogP contribution in [0.1, 0.15) is 22.5 Å². The average Bonchev–Trinajstić information content (AvgIpc) is 3.11. The van der Waals surface area contributed by atoms with Gasteiger partial charge in [0.2, 0.25) is 0 Å². The van der Waals surface area contributed by atoms with Crippen LogP contribution in [0.5, 0.6) is 0 Å². The number of carbonyl (C=O) groups is 1. The molecule has 0 aliphatic rings. The van der Waals surface area contributed by atoms with Crippen molar-refractivity contribution in [1.82, 2.24) is 20.3 Å². The molecule has 6 heteroatoms. The molecule has 2 aromatic carbocycles. The van der Waals surface area contributed by atoms with Crippen molar-refractivity contribution in [2.45, 2.75) is 17.9 Å². The molecule has 1 amide bonds. The van der Waals surface area contributed by atoms with Crippen molar-refractivity contribution < 1.29 is 4.79 Å². The molecule has 128 valence electrons. The second kappa shape index (κ2) is 9.03. The molecule has 0 unspecified atom stereocenters. The Kier molecular flexibility index (Phi) is 6.23. The van der Waals surface area contributed by atoms with Gasteiger partial charge in [-0.2, -0.15) is 0 Å². The maximum atomic E-state index is 12.1. The summed E-state index contributed by atoms with van der Waals surface area (Å²) in [6.07, 6.45) is 2.59. The van der Waals surface area contributed by atoms with Gasteiger partial charge in [-0.15, -0.1) is 16.9 Å². The normalized spacial score (nSPS) is 10.6. The van der Waals surface area contributed by atoms with Gasteiger partial charge >= 0.3 is 0 Å². The minimum absolute atomic E-state index is 0.177. The van der Waals surface area contributed by atoms with Gasteiger partial charge in [0.05, 0.1) is 12.7 Å². The van der Waals surface area contributed by atoms with Crippen LogP contribution in [0.4, 0.5) is 0 Å². The van der Waals surface area contributed by atoms with Crippen LogP contribution in [0.15, 0.2) is 71.8 Å². The molecule has 3 rings (SSSR count). The third kappa shape index (κ3) is 5.46. The number of benzene rings is 2. The molecule has 25 heavy (non-hydrogen) atoms. The molecule has 1 aromatic heterocycles. The van der Waals surface area contributed by atoms with Crippen LogP contribution in [0.3, 0.4) is 0 Å². The number of amides is 1. The first-order valence-electron chi connectivity index (χ1n) is 8.21. The van der Waals surface area contributed by atoms with Crippen LogP contribution in [-0.2, 0) is 6.54 Å². The van der Waals surface area contributed by atoms with E-state index in [1.54, 1.807) is 22.6 Å². The molecule has 0 fully saturated rings. The Morgan fingerprint density at radius 3 is 2.52 bits per heavy atom. The largest absolute Gasteiger partial charge is 0.351 e. The van der Waals surface area contributed by atoms with Gasteiger partial charge in [0.1, 0.15) is 0 Å². The summed E-state index contributed by atoms with van der Waals surface area (Å²) in [5.74, 6) is 0.786. The Balaban J connectivity index is 1.40. The molecule has 0 radical (unpaired) electrons. The topological polar surface area (TPSA) is 59.8 Å². The van der Waals surface area contributed by atoms with Crippen LogP contribution in [-0.4, -0.2) is 33.2 Å². The number of rotatable bonds is 8. The van der Waals surface area contributed by atoms with Gasteiger partial charge in [0, 0.05) is 11.4 Å². The molecule has 5 nitrogen and oxygen atoms in total. The summed E-state index contributed by atoms with van der Waals surface area (Å²) in [5.41, 5.74) is 1.48. The van der Waals surface area contributed by atoms with E-state index in [1.165, 1.54) is 4.90 Å². The van der Waals surface area contributed by atoms with Crippen molar-refractivity contribution in [2.24, 2.45) is 0 Å².